The predicted molar refractivity (Wildman–Crippen MR) is 84.1 cm³/mol. The smallest absolute Gasteiger partial charge is 0.246 e. The molecule has 4 nitrogen and oxygen atoms in total. The van der Waals surface area contributed by atoms with Crippen LogP contribution in [0.25, 0.3) is 0 Å². The third-order valence-corrected chi connectivity index (χ3v) is 3.20. The molecule has 0 heterocycles. The summed E-state index contributed by atoms with van der Waals surface area (Å²) in [5.74, 6) is -0.261. The minimum atomic E-state index is -1.83. The van der Waals surface area contributed by atoms with E-state index in [-0.39, 0.29) is 17.6 Å². The fourth-order valence-electron chi connectivity index (χ4n) is 1.38. The minimum Gasteiger partial charge on any atom is -0.466 e. The molecule has 1 amide bonds. The largest absolute Gasteiger partial charge is 0.466 e. The van der Waals surface area contributed by atoms with Gasteiger partial charge in [-0.1, -0.05) is 48.7 Å². The van der Waals surface area contributed by atoms with Gasteiger partial charge < -0.3 is 10.1 Å². The van der Waals surface area contributed by atoms with Gasteiger partial charge in [-0.05, 0) is 31.2 Å². The minimum absolute atomic E-state index is 0.0624. The van der Waals surface area contributed by atoms with Gasteiger partial charge in [0.2, 0.25) is 15.9 Å². The van der Waals surface area contributed by atoms with E-state index in [0.717, 1.165) is 0 Å². The second kappa shape index (κ2) is 7.34. The van der Waals surface area contributed by atoms with Gasteiger partial charge in [0.15, 0.2) is 5.78 Å². The maximum Gasteiger partial charge on any atom is 0.246 e. The van der Waals surface area contributed by atoms with Crippen molar-refractivity contribution < 1.29 is 14.3 Å². The molecule has 0 radical (unpaired) electrons. The van der Waals surface area contributed by atoms with Crippen LogP contribution in [0.1, 0.15) is 31.1 Å². The van der Waals surface area contributed by atoms with Gasteiger partial charge in [0.05, 0.1) is 0 Å². The average Bonchev–Trinajstić information content (AvgIpc) is 2.37. The highest BCUT2D eigenvalue weighted by Gasteiger charge is 2.36. The summed E-state index contributed by atoms with van der Waals surface area (Å²) in [5.41, 5.74) is 0.541. The lowest BCUT2D eigenvalue weighted by atomic mass is 10.1. The fourth-order valence-corrected chi connectivity index (χ4v) is 1.68. The number of hydrogen-bond acceptors (Lipinski definition) is 3. The molecule has 0 aromatic heterocycles. The number of amides is 1. The molecule has 0 unspecified atom stereocenters. The van der Waals surface area contributed by atoms with Crippen LogP contribution in [0.15, 0.2) is 24.3 Å². The van der Waals surface area contributed by atoms with E-state index in [1.807, 2.05) is 0 Å². The van der Waals surface area contributed by atoms with Crippen LogP contribution in [0.3, 0.4) is 0 Å². The van der Waals surface area contributed by atoms with Crippen molar-refractivity contribution in [1.29, 1.82) is 0 Å². The molecule has 21 heavy (non-hydrogen) atoms. The Morgan fingerprint density at radius 3 is 2.05 bits per heavy atom. The number of rotatable bonds is 5. The number of carbonyl (C=O) groups excluding carboxylic acids is 2. The monoisotopic (exact) mass is 351 g/mol. The molecule has 0 aliphatic heterocycles. The number of halogens is 3. The van der Waals surface area contributed by atoms with Gasteiger partial charge in [0.25, 0.3) is 0 Å². The molecular formula is C14H16Cl3NO3. The summed E-state index contributed by atoms with van der Waals surface area (Å²) in [5, 5.41) is 2.52. The zero-order valence-electron chi connectivity index (χ0n) is 11.8. The van der Waals surface area contributed by atoms with Crippen LogP contribution >= 0.6 is 34.8 Å². The van der Waals surface area contributed by atoms with E-state index in [0.29, 0.717) is 11.3 Å². The number of nitrogens with one attached hydrogen (secondary N) is 1. The van der Waals surface area contributed by atoms with Gasteiger partial charge in [-0.25, -0.2) is 0 Å². The number of benzene rings is 1. The number of Topliss-reactive ketones (excluding diaryl/α,β-unsaturated/α-hetero) is 1. The van der Waals surface area contributed by atoms with Crippen molar-refractivity contribution in [3.8, 4) is 5.75 Å². The molecule has 1 rings (SSSR count). The van der Waals surface area contributed by atoms with Gasteiger partial charge in [-0.15, -0.1) is 0 Å². The molecule has 1 aromatic rings. The topological polar surface area (TPSA) is 55.4 Å². The van der Waals surface area contributed by atoms with Crippen LogP contribution in [0.5, 0.6) is 5.75 Å². The van der Waals surface area contributed by atoms with E-state index in [1.54, 1.807) is 38.1 Å². The first-order chi connectivity index (χ1) is 9.61. The summed E-state index contributed by atoms with van der Waals surface area (Å²) >= 11 is 17.4. The Bertz CT molecular complexity index is 509. The van der Waals surface area contributed by atoms with Crippen molar-refractivity contribution in [2.75, 3.05) is 0 Å². The van der Waals surface area contributed by atoms with Crippen molar-refractivity contribution in [2.45, 2.75) is 30.8 Å². The summed E-state index contributed by atoms with van der Waals surface area (Å²) in [6.45, 7) is 4.89. The van der Waals surface area contributed by atoms with E-state index < -0.39 is 10.0 Å². The van der Waals surface area contributed by atoms with Crippen molar-refractivity contribution in [3.63, 3.8) is 0 Å². The molecule has 7 heteroatoms. The SMILES string of the molecule is CC(=O)c1ccc(O[C@H](NC(=O)C(C)C)C(Cl)(Cl)Cl)cc1. The van der Waals surface area contributed by atoms with E-state index >= 15 is 0 Å². The molecule has 0 aliphatic rings. The molecule has 1 aromatic carbocycles. The van der Waals surface area contributed by atoms with Crippen molar-refractivity contribution >= 4 is 46.5 Å². The van der Waals surface area contributed by atoms with E-state index in [1.165, 1.54) is 6.92 Å². The van der Waals surface area contributed by atoms with Gasteiger partial charge in [0, 0.05) is 11.5 Å². The first-order valence-electron chi connectivity index (χ1n) is 6.26. The molecule has 1 N–H and O–H groups in total. The summed E-state index contributed by atoms with van der Waals surface area (Å²) < 4.78 is 3.67. The zero-order chi connectivity index (χ0) is 16.2. The molecule has 0 fully saturated rings. The van der Waals surface area contributed by atoms with E-state index in [4.69, 9.17) is 39.5 Å². The maximum atomic E-state index is 11.7. The lowest BCUT2D eigenvalue weighted by molar-refractivity contribution is -0.126. The van der Waals surface area contributed by atoms with Crippen molar-refractivity contribution in [1.82, 2.24) is 5.32 Å². The Labute approximate surface area is 138 Å². The van der Waals surface area contributed by atoms with Crippen LogP contribution in [-0.4, -0.2) is 21.7 Å². The molecule has 0 aliphatic carbocycles. The summed E-state index contributed by atoms with van der Waals surface area (Å²) in [6.07, 6.45) is -1.14. The third-order valence-electron chi connectivity index (χ3n) is 2.61. The number of ketones is 1. The Morgan fingerprint density at radius 2 is 1.67 bits per heavy atom. The first kappa shape index (κ1) is 18.1. The Kier molecular flexibility index (Phi) is 6.32. The Balaban J connectivity index is 2.86. The highest BCUT2D eigenvalue weighted by Crippen LogP contribution is 2.32. The predicted octanol–water partition coefficient (Wildman–Crippen LogP) is 3.74. The van der Waals surface area contributed by atoms with Gasteiger partial charge in [0.1, 0.15) is 5.75 Å². The lowest BCUT2D eigenvalue weighted by Gasteiger charge is -2.27. The third kappa shape index (κ3) is 5.73. The molecule has 116 valence electrons. The number of carbonyl (C=O) groups is 2. The second-order valence-electron chi connectivity index (χ2n) is 4.78. The average molecular weight is 353 g/mol. The molecule has 1 atom stereocenters. The van der Waals surface area contributed by atoms with Crippen LogP contribution in [0.4, 0.5) is 0 Å². The van der Waals surface area contributed by atoms with Gasteiger partial charge in [-0.3, -0.25) is 9.59 Å². The quantitative estimate of drug-likeness (QED) is 0.499. The lowest BCUT2D eigenvalue weighted by Crippen LogP contribution is -2.49. The summed E-state index contributed by atoms with van der Waals surface area (Å²) in [4.78, 5) is 22.9. The molecule has 0 saturated heterocycles. The highest BCUT2D eigenvalue weighted by molar-refractivity contribution is 6.68. The summed E-state index contributed by atoms with van der Waals surface area (Å²) in [7, 11) is 0. The fraction of sp³-hybridized carbons (Fsp3) is 0.429. The molecule has 0 spiro atoms. The van der Waals surface area contributed by atoms with Gasteiger partial charge in [-0.2, -0.15) is 0 Å². The maximum absolute atomic E-state index is 11.7. The molecule has 0 saturated carbocycles. The number of hydrogen-bond donors (Lipinski definition) is 1. The highest BCUT2D eigenvalue weighted by atomic mass is 35.6. The Morgan fingerprint density at radius 1 is 1.14 bits per heavy atom. The molecular weight excluding hydrogens is 337 g/mol. The second-order valence-corrected chi connectivity index (χ2v) is 7.15. The first-order valence-corrected chi connectivity index (χ1v) is 7.39. The number of ether oxygens (including phenoxy) is 1. The van der Waals surface area contributed by atoms with Crippen LogP contribution < -0.4 is 10.1 Å². The standard InChI is InChI=1S/C14H16Cl3NO3/c1-8(2)12(20)18-13(14(15,16)17)21-11-6-4-10(5-7-11)9(3)19/h4-8,13H,1-3H3,(H,18,20)/t13-/m0/s1. The normalized spacial score (nSPS) is 12.9. The molecule has 0 bridgehead atoms. The zero-order valence-corrected chi connectivity index (χ0v) is 14.1. The number of alkyl halides is 3. The van der Waals surface area contributed by atoms with Crippen LogP contribution in [0.2, 0.25) is 0 Å². The van der Waals surface area contributed by atoms with Gasteiger partial charge >= 0.3 is 0 Å². The Hall–Kier alpha value is -0.970. The summed E-state index contributed by atoms with van der Waals surface area (Å²) in [6, 6.07) is 6.33. The van der Waals surface area contributed by atoms with E-state index in [9.17, 15) is 9.59 Å². The van der Waals surface area contributed by atoms with Crippen LogP contribution in [0, 0.1) is 5.92 Å². The van der Waals surface area contributed by atoms with E-state index in [2.05, 4.69) is 5.32 Å². The van der Waals surface area contributed by atoms with Crippen molar-refractivity contribution in [3.05, 3.63) is 29.8 Å². The van der Waals surface area contributed by atoms with Crippen molar-refractivity contribution in [2.24, 2.45) is 5.92 Å². The van der Waals surface area contributed by atoms with Crippen LogP contribution in [-0.2, 0) is 4.79 Å².